The predicted octanol–water partition coefficient (Wildman–Crippen LogP) is 17.2. The minimum Gasteiger partial charge on any atom is -0.456 e. The summed E-state index contributed by atoms with van der Waals surface area (Å²) in [6.45, 7) is 0. The number of para-hydroxylation sites is 2. The van der Waals surface area contributed by atoms with Gasteiger partial charge in [-0.15, -0.1) is 11.3 Å². The van der Waals surface area contributed by atoms with Gasteiger partial charge in [-0.25, -0.2) is 0 Å². The molecule has 0 bridgehead atoms. The molecule has 10 aromatic carbocycles. The zero-order chi connectivity index (χ0) is 40.3. The quantitative estimate of drug-likeness (QED) is 0.160. The van der Waals surface area contributed by atoms with Gasteiger partial charge in [-0.05, 0) is 110 Å². The Morgan fingerprint density at radius 1 is 0.328 bits per heavy atom. The molecule has 3 heteroatoms. The van der Waals surface area contributed by atoms with Crippen LogP contribution in [0.1, 0.15) is 0 Å². The minimum atomic E-state index is 0.905. The van der Waals surface area contributed by atoms with Gasteiger partial charge in [0.15, 0.2) is 0 Å². The number of nitrogens with zero attached hydrogens (tertiary/aromatic N) is 1. The summed E-state index contributed by atoms with van der Waals surface area (Å²) in [6.07, 6.45) is 0. The van der Waals surface area contributed by atoms with Crippen molar-refractivity contribution in [2.24, 2.45) is 0 Å². The average molecular weight is 796 g/mol. The lowest BCUT2D eigenvalue weighted by Crippen LogP contribution is -2.11. The molecule has 2 heterocycles. The lowest BCUT2D eigenvalue weighted by atomic mass is 9.95. The van der Waals surface area contributed by atoms with Crippen LogP contribution in [0.5, 0.6) is 0 Å². The zero-order valence-corrected chi connectivity index (χ0v) is 33.9. The van der Waals surface area contributed by atoms with Gasteiger partial charge in [-0.3, -0.25) is 0 Å². The second-order valence-electron chi connectivity index (χ2n) is 15.6. The van der Waals surface area contributed by atoms with E-state index in [1.807, 2.05) is 23.5 Å². The summed E-state index contributed by atoms with van der Waals surface area (Å²) >= 11 is 1.86. The molecule has 0 saturated heterocycles. The Morgan fingerprint density at radius 2 is 0.852 bits per heavy atom. The molecule has 0 N–H and O–H groups in total. The maximum absolute atomic E-state index is 6.15. The van der Waals surface area contributed by atoms with Crippen molar-refractivity contribution >= 4 is 81.3 Å². The second kappa shape index (κ2) is 14.5. The summed E-state index contributed by atoms with van der Waals surface area (Å²) in [7, 11) is 0. The van der Waals surface area contributed by atoms with Crippen molar-refractivity contribution < 1.29 is 4.42 Å². The van der Waals surface area contributed by atoms with Gasteiger partial charge in [0.25, 0.3) is 0 Å². The molecular formula is C58H37NOS. The second-order valence-corrected chi connectivity index (χ2v) is 16.7. The molecule has 0 aliphatic heterocycles. The summed E-state index contributed by atoms with van der Waals surface area (Å²) in [5.74, 6) is 0. The summed E-state index contributed by atoms with van der Waals surface area (Å²) in [4.78, 5) is 2.41. The van der Waals surface area contributed by atoms with E-state index in [1.54, 1.807) is 0 Å². The molecule has 0 fully saturated rings. The smallest absolute Gasteiger partial charge is 0.135 e. The monoisotopic (exact) mass is 795 g/mol. The number of benzene rings is 10. The van der Waals surface area contributed by atoms with E-state index in [1.165, 1.54) is 64.3 Å². The number of anilines is 3. The van der Waals surface area contributed by atoms with E-state index in [9.17, 15) is 0 Å². The topological polar surface area (TPSA) is 16.4 Å². The Kier molecular flexibility index (Phi) is 8.39. The van der Waals surface area contributed by atoms with E-state index in [0.717, 1.165) is 50.1 Å². The molecule has 61 heavy (non-hydrogen) atoms. The first kappa shape index (κ1) is 35.2. The van der Waals surface area contributed by atoms with Gasteiger partial charge in [0, 0.05) is 47.9 Å². The van der Waals surface area contributed by atoms with Crippen LogP contribution in [0.15, 0.2) is 229 Å². The first-order valence-corrected chi connectivity index (χ1v) is 21.6. The largest absolute Gasteiger partial charge is 0.456 e. The highest BCUT2D eigenvalue weighted by Crippen LogP contribution is 2.46. The molecule has 0 radical (unpaired) electrons. The Morgan fingerprint density at radius 3 is 1.66 bits per heavy atom. The van der Waals surface area contributed by atoms with Crippen LogP contribution in [-0.4, -0.2) is 0 Å². The number of hydrogen-bond donors (Lipinski definition) is 0. The lowest BCUT2D eigenvalue weighted by Gasteiger charge is -2.28. The van der Waals surface area contributed by atoms with Gasteiger partial charge in [0.2, 0.25) is 0 Å². The van der Waals surface area contributed by atoms with Crippen LogP contribution >= 0.6 is 11.3 Å². The van der Waals surface area contributed by atoms with Gasteiger partial charge >= 0.3 is 0 Å². The van der Waals surface area contributed by atoms with E-state index >= 15 is 0 Å². The van der Waals surface area contributed by atoms with E-state index in [0.29, 0.717) is 0 Å². The van der Waals surface area contributed by atoms with E-state index in [4.69, 9.17) is 4.42 Å². The van der Waals surface area contributed by atoms with Crippen molar-refractivity contribution in [3.8, 4) is 44.5 Å². The predicted molar refractivity (Wildman–Crippen MR) is 261 cm³/mol. The standard InChI is InChI=1S/C58H37NOS/c1-2-13-46-41(11-1)12-9-17-47(46)42-25-23-38(24-26-42)39-27-32-44(33-28-39)59(45-34-29-40(30-35-45)43-31-36-55-52(37-43)49-15-4-7-20-54(49)60-55)53-19-6-3-14-48(53)50-18-10-22-57-58(50)51-16-5-8-21-56(51)61-57/h1-37H. The summed E-state index contributed by atoms with van der Waals surface area (Å²) in [5, 5.41) is 7.39. The fraction of sp³-hybridized carbons (Fsp3) is 0. The van der Waals surface area contributed by atoms with Crippen molar-refractivity contribution in [3.63, 3.8) is 0 Å². The molecular weight excluding hydrogens is 759 g/mol. The van der Waals surface area contributed by atoms with Gasteiger partial charge in [0.05, 0.1) is 5.69 Å². The average Bonchev–Trinajstić information content (AvgIpc) is 3.91. The van der Waals surface area contributed by atoms with Crippen LogP contribution in [0.3, 0.4) is 0 Å². The Labute approximate surface area is 357 Å². The fourth-order valence-electron chi connectivity index (χ4n) is 9.15. The van der Waals surface area contributed by atoms with Crippen molar-refractivity contribution in [1.29, 1.82) is 0 Å². The number of furan rings is 1. The number of hydrogen-bond acceptors (Lipinski definition) is 3. The van der Waals surface area contributed by atoms with Gasteiger partial charge in [-0.2, -0.15) is 0 Å². The normalized spacial score (nSPS) is 11.6. The third kappa shape index (κ3) is 6.09. The van der Waals surface area contributed by atoms with Crippen LogP contribution in [-0.2, 0) is 0 Å². The third-order valence-electron chi connectivity index (χ3n) is 12.1. The molecule has 286 valence electrons. The van der Waals surface area contributed by atoms with E-state index in [-0.39, 0.29) is 0 Å². The first-order valence-electron chi connectivity index (χ1n) is 20.7. The number of fused-ring (bicyclic) bond motifs is 7. The molecule has 0 aliphatic carbocycles. The maximum Gasteiger partial charge on any atom is 0.135 e. The first-order chi connectivity index (χ1) is 30.2. The number of rotatable bonds is 7. The zero-order valence-electron chi connectivity index (χ0n) is 33.1. The van der Waals surface area contributed by atoms with Gasteiger partial charge in [-0.1, -0.05) is 164 Å². The van der Waals surface area contributed by atoms with Crippen molar-refractivity contribution in [2.75, 3.05) is 4.90 Å². The molecule has 12 rings (SSSR count). The summed E-state index contributed by atoms with van der Waals surface area (Å²) < 4.78 is 8.75. The minimum absolute atomic E-state index is 0.905. The highest BCUT2D eigenvalue weighted by Gasteiger charge is 2.20. The van der Waals surface area contributed by atoms with Crippen LogP contribution < -0.4 is 4.90 Å². The highest BCUT2D eigenvalue weighted by atomic mass is 32.1. The number of thiophene rings is 1. The van der Waals surface area contributed by atoms with Crippen LogP contribution in [0.25, 0.3) is 97.4 Å². The fourth-order valence-corrected chi connectivity index (χ4v) is 10.3. The lowest BCUT2D eigenvalue weighted by molar-refractivity contribution is 0.669. The molecule has 0 atom stereocenters. The molecule has 0 amide bonds. The van der Waals surface area contributed by atoms with E-state index in [2.05, 4.69) is 217 Å². The van der Waals surface area contributed by atoms with Crippen LogP contribution in [0.2, 0.25) is 0 Å². The summed E-state index contributed by atoms with van der Waals surface area (Å²) in [5.41, 5.74) is 14.7. The third-order valence-corrected chi connectivity index (χ3v) is 13.3. The van der Waals surface area contributed by atoms with Crippen LogP contribution in [0.4, 0.5) is 17.1 Å². The molecule has 2 aromatic heterocycles. The molecule has 0 unspecified atom stereocenters. The highest BCUT2D eigenvalue weighted by molar-refractivity contribution is 7.25. The molecule has 0 saturated carbocycles. The van der Waals surface area contributed by atoms with E-state index < -0.39 is 0 Å². The van der Waals surface area contributed by atoms with Crippen LogP contribution in [0, 0.1) is 0 Å². The van der Waals surface area contributed by atoms with Gasteiger partial charge in [0.1, 0.15) is 11.2 Å². The van der Waals surface area contributed by atoms with Crippen molar-refractivity contribution in [2.45, 2.75) is 0 Å². The Bertz CT molecular complexity index is 3570. The molecule has 0 aliphatic rings. The van der Waals surface area contributed by atoms with Crippen molar-refractivity contribution in [3.05, 3.63) is 224 Å². The SMILES string of the molecule is c1ccc(N(c2ccc(-c3ccc(-c4cccc5ccccc45)cc3)cc2)c2ccc(-c3ccc4oc5ccccc5c4c3)cc2)c(-c2cccc3sc4ccccc4c23)c1. The Hall–Kier alpha value is -7.72. The maximum atomic E-state index is 6.15. The molecule has 0 spiro atoms. The van der Waals surface area contributed by atoms with Crippen molar-refractivity contribution in [1.82, 2.24) is 0 Å². The molecule has 2 nitrogen and oxygen atoms in total. The Balaban J connectivity index is 0.959. The van der Waals surface area contributed by atoms with Gasteiger partial charge < -0.3 is 9.32 Å². The molecule has 12 aromatic rings. The summed E-state index contributed by atoms with van der Waals surface area (Å²) in [6, 6.07) is 81.3.